The Morgan fingerprint density at radius 1 is 1.36 bits per heavy atom. The highest BCUT2D eigenvalue weighted by Gasteiger charge is 2.15. The molecule has 22 heavy (non-hydrogen) atoms. The van der Waals surface area contributed by atoms with Crippen LogP contribution in [0.1, 0.15) is 21.8 Å². The van der Waals surface area contributed by atoms with E-state index in [0.717, 1.165) is 5.69 Å². The number of benzene rings is 1. The van der Waals surface area contributed by atoms with Gasteiger partial charge in [-0.15, -0.1) is 0 Å². The van der Waals surface area contributed by atoms with Crippen LogP contribution in [0.3, 0.4) is 0 Å². The molecule has 0 aliphatic carbocycles. The van der Waals surface area contributed by atoms with Crippen LogP contribution in [0.25, 0.3) is 11.3 Å². The topological polar surface area (TPSA) is 83.8 Å². The monoisotopic (exact) mass is 300 g/mol. The van der Waals surface area contributed by atoms with Crippen molar-refractivity contribution in [2.45, 2.75) is 13.5 Å². The second-order valence-corrected chi connectivity index (χ2v) is 4.78. The maximum atomic E-state index is 13.0. The van der Waals surface area contributed by atoms with E-state index in [9.17, 15) is 9.18 Å². The molecule has 0 radical (unpaired) electrons. The molecule has 0 unspecified atom stereocenters. The minimum atomic E-state index is -0.338. The predicted octanol–water partition coefficient (Wildman–Crippen LogP) is 2.44. The van der Waals surface area contributed by atoms with Crippen molar-refractivity contribution in [3.63, 3.8) is 0 Å². The highest BCUT2D eigenvalue weighted by Crippen LogP contribution is 2.21. The molecule has 0 saturated carbocycles. The van der Waals surface area contributed by atoms with E-state index >= 15 is 0 Å². The molecule has 3 aromatic rings. The van der Waals surface area contributed by atoms with Gasteiger partial charge in [-0.1, -0.05) is 5.16 Å². The summed E-state index contributed by atoms with van der Waals surface area (Å²) >= 11 is 0. The summed E-state index contributed by atoms with van der Waals surface area (Å²) in [6, 6.07) is 7.57. The number of carbonyl (C=O) groups is 1. The molecule has 0 spiro atoms. The lowest BCUT2D eigenvalue weighted by Crippen LogP contribution is -2.22. The van der Waals surface area contributed by atoms with Crippen molar-refractivity contribution in [3.8, 4) is 11.3 Å². The summed E-state index contributed by atoms with van der Waals surface area (Å²) in [7, 11) is 0. The molecule has 3 rings (SSSR count). The second-order valence-electron chi connectivity index (χ2n) is 4.78. The third-order valence-corrected chi connectivity index (χ3v) is 3.12. The minimum absolute atomic E-state index is 0.230. The molecule has 0 bridgehead atoms. The summed E-state index contributed by atoms with van der Waals surface area (Å²) in [6.45, 7) is 2.03. The van der Waals surface area contributed by atoms with Crippen LogP contribution < -0.4 is 5.32 Å². The first kappa shape index (κ1) is 14.0. The van der Waals surface area contributed by atoms with Gasteiger partial charge in [0.2, 0.25) is 0 Å². The normalized spacial score (nSPS) is 10.6. The number of hydrogen-bond acceptors (Lipinski definition) is 4. The molecule has 7 heteroatoms. The smallest absolute Gasteiger partial charge is 0.255 e. The summed E-state index contributed by atoms with van der Waals surface area (Å²) in [5.74, 6) is -0.0743. The SMILES string of the molecule is Cc1cc(CNC(=O)c2cn[nH]c2-c2ccc(F)cc2)on1. The summed E-state index contributed by atoms with van der Waals surface area (Å²) < 4.78 is 18.0. The number of H-pyrrole nitrogens is 1. The van der Waals surface area contributed by atoms with Gasteiger partial charge in [-0.25, -0.2) is 4.39 Å². The first-order chi connectivity index (χ1) is 10.6. The Morgan fingerprint density at radius 2 is 2.14 bits per heavy atom. The van der Waals surface area contributed by atoms with Gasteiger partial charge < -0.3 is 9.84 Å². The van der Waals surface area contributed by atoms with E-state index in [4.69, 9.17) is 4.52 Å². The number of rotatable bonds is 4. The summed E-state index contributed by atoms with van der Waals surface area (Å²) in [5.41, 5.74) is 2.34. The molecule has 0 aliphatic heterocycles. The van der Waals surface area contributed by atoms with E-state index in [1.165, 1.54) is 18.3 Å². The van der Waals surface area contributed by atoms with Gasteiger partial charge in [0.05, 0.1) is 29.7 Å². The summed E-state index contributed by atoms with van der Waals surface area (Å²) in [5, 5.41) is 13.1. The van der Waals surface area contributed by atoms with Crippen LogP contribution in [-0.4, -0.2) is 21.3 Å². The first-order valence-corrected chi connectivity index (χ1v) is 6.63. The van der Waals surface area contributed by atoms with Gasteiger partial charge in [0.1, 0.15) is 5.82 Å². The van der Waals surface area contributed by atoms with Gasteiger partial charge in [-0.2, -0.15) is 5.10 Å². The number of aromatic nitrogens is 3. The van der Waals surface area contributed by atoms with Gasteiger partial charge >= 0.3 is 0 Å². The zero-order valence-electron chi connectivity index (χ0n) is 11.8. The molecule has 2 heterocycles. The maximum absolute atomic E-state index is 13.0. The van der Waals surface area contributed by atoms with E-state index < -0.39 is 0 Å². The molecule has 0 atom stereocenters. The van der Waals surface area contributed by atoms with Gasteiger partial charge in [0.25, 0.3) is 5.91 Å². The van der Waals surface area contributed by atoms with Crippen molar-refractivity contribution in [3.05, 3.63) is 59.4 Å². The van der Waals surface area contributed by atoms with Crippen LogP contribution in [0.2, 0.25) is 0 Å². The quantitative estimate of drug-likeness (QED) is 0.775. The molecule has 0 fully saturated rings. The van der Waals surface area contributed by atoms with Gasteiger partial charge in [0.15, 0.2) is 5.76 Å². The van der Waals surface area contributed by atoms with Crippen LogP contribution in [-0.2, 0) is 6.54 Å². The maximum Gasteiger partial charge on any atom is 0.255 e. The third-order valence-electron chi connectivity index (χ3n) is 3.12. The van der Waals surface area contributed by atoms with Crippen molar-refractivity contribution in [1.29, 1.82) is 0 Å². The number of halogens is 1. The zero-order chi connectivity index (χ0) is 15.5. The van der Waals surface area contributed by atoms with E-state index in [-0.39, 0.29) is 18.3 Å². The fraction of sp³-hybridized carbons (Fsp3) is 0.133. The van der Waals surface area contributed by atoms with Crippen molar-refractivity contribution in [2.24, 2.45) is 0 Å². The number of amides is 1. The van der Waals surface area contributed by atoms with Gasteiger partial charge in [-0.3, -0.25) is 9.89 Å². The summed E-state index contributed by atoms with van der Waals surface area (Å²) in [6.07, 6.45) is 1.43. The lowest BCUT2D eigenvalue weighted by molar-refractivity contribution is 0.0948. The standard InChI is InChI=1S/C15H13FN4O2/c1-9-6-12(22-20-9)7-17-15(21)13-8-18-19-14(13)10-2-4-11(16)5-3-10/h2-6,8H,7H2,1H3,(H,17,21)(H,18,19). The van der Waals surface area contributed by atoms with E-state index in [2.05, 4.69) is 20.7 Å². The fourth-order valence-corrected chi connectivity index (χ4v) is 2.06. The third kappa shape index (κ3) is 2.88. The largest absolute Gasteiger partial charge is 0.359 e. The second kappa shape index (κ2) is 5.80. The van der Waals surface area contributed by atoms with Crippen LogP contribution in [0.15, 0.2) is 41.1 Å². The molecular formula is C15H13FN4O2. The Hall–Kier alpha value is -2.96. The van der Waals surface area contributed by atoms with Crippen LogP contribution in [0, 0.1) is 12.7 Å². The van der Waals surface area contributed by atoms with E-state index in [1.54, 1.807) is 25.1 Å². The van der Waals surface area contributed by atoms with Crippen molar-refractivity contribution >= 4 is 5.91 Å². The Morgan fingerprint density at radius 3 is 2.82 bits per heavy atom. The number of aryl methyl sites for hydroxylation is 1. The molecular weight excluding hydrogens is 287 g/mol. The Labute approximate surface area is 125 Å². The number of nitrogens with zero attached hydrogens (tertiary/aromatic N) is 2. The Kier molecular flexibility index (Phi) is 3.69. The molecule has 1 aromatic carbocycles. The number of nitrogens with one attached hydrogen (secondary N) is 2. The van der Waals surface area contributed by atoms with Crippen LogP contribution >= 0.6 is 0 Å². The van der Waals surface area contributed by atoms with Crippen LogP contribution in [0.4, 0.5) is 4.39 Å². The molecule has 2 aromatic heterocycles. The van der Waals surface area contributed by atoms with Gasteiger partial charge in [-0.05, 0) is 31.2 Å². The van der Waals surface area contributed by atoms with E-state index in [1.807, 2.05) is 0 Å². The lowest BCUT2D eigenvalue weighted by Gasteiger charge is -2.04. The highest BCUT2D eigenvalue weighted by atomic mass is 19.1. The lowest BCUT2D eigenvalue weighted by atomic mass is 10.1. The van der Waals surface area contributed by atoms with E-state index in [0.29, 0.717) is 22.6 Å². The first-order valence-electron chi connectivity index (χ1n) is 6.63. The summed E-state index contributed by atoms with van der Waals surface area (Å²) in [4.78, 5) is 12.2. The van der Waals surface area contributed by atoms with Crippen molar-refractivity contribution in [2.75, 3.05) is 0 Å². The minimum Gasteiger partial charge on any atom is -0.359 e. The molecule has 0 saturated heterocycles. The fourth-order valence-electron chi connectivity index (χ4n) is 2.06. The van der Waals surface area contributed by atoms with Crippen molar-refractivity contribution in [1.82, 2.24) is 20.7 Å². The molecule has 112 valence electrons. The number of hydrogen-bond donors (Lipinski definition) is 2. The highest BCUT2D eigenvalue weighted by molar-refractivity contribution is 5.99. The number of aromatic amines is 1. The molecule has 1 amide bonds. The Bertz CT molecular complexity index is 792. The van der Waals surface area contributed by atoms with Crippen LogP contribution in [0.5, 0.6) is 0 Å². The average molecular weight is 300 g/mol. The molecule has 2 N–H and O–H groups in total. The Balaban J connectivity index is 1.76. The molecule has 0 aliphatic rings. The molecule has 6 nitrogen and oxygen atoms in total. The zero-order valence-corrected chi connectivity index (χ0v) is 11.8. The number of carbonyl (C=O) groups excluding carboxylic acids is 1. The van der Waals surface area contributed by atoms with Crippen molar-refractivity contribution < 1.29 is 13.7 Å². The average Bonchev–Trinajstić information content (AvgIpc) is 3.14. The predicted molar refractivity (Wildman–Crippen MR) is 76.4 cm³/mol. The van der Waals surface area contributed by atoms with Gasteiger partial charge in [0, 0.05) is 11.6 Å².